The molecular weight excluding hydrogens is 364 g/mol. The van der Waals surface area contributed by atoms with Crippen LogP contribution in [0.3, 0.4) is 0 Å². The zero-order chi connectivity index (χ0) is 20.4. The standard InChI is InChI=1S/C18H20N6O4/c19-22-9-12-3-5-14(6-4-12)23-18(28)21-11-16(25)24-15(8-17(26)27)13-2-1-7-20-10-13/h1-7,9-10,15H,8,11,19H2,(H,24,25)(H,26,27)(H2,21,23,28). The first-order valence-corrected chi connectivity index (χ1v) is 8.27. The summed E-state index contributed by atoms with van der Waals surface area (Å²) < 4.78 is 0. The molecule has 10 heteroatoms. The fraction of sp³-hybridized carbons (Fsp3) is 0.167. The van der Waals surface area contributed by atoms with Crippen LogP contribution >= 0.6 is 0 Å². The van der Waals surface area contributed by atoms with Crippen LogP contribution in [0.2, 0.25) is 0 Å². The molecular formula is C18H20N6O4. The Hall–Kier alpha value is -3.95. The van der Waals surface area contributed by atoms with E-state index < -0.39 is 23.9 Å². The van der Waals surface area contributed by atoms with Gasteiger partial charge in [0.05, 0.1) is 25.2 Å². The predicted octanol–water partition coefficient (Wildman–Crippen LogP) is 0.828. The lowest BCUT2D eigenvalue weighted by molar-refractivity contribution is -0.137. The molecule has 1 aromatic heterocycles. The van der Waals surface area contributed by atoms with Crippen LogP contribution in [0.5, 0.6) is 0 Å². The number of hydrazone groups is 1. The highest BCUT2D eigenvalue weighted by molar-refractivity contribution is 5.92. The second kappa shape index (κ2) is 10.3. The van der Waals surface area contributed by atoms with E-state index in [0.717, 1.165) is 5.56 Å². The summed E-state index contributed by atoms with van der Waals surface area (Å²) in [5.74, 6) is 3.47. The van der Waals surface area contributed by atoms with Crippen LogP contribution in [0.1, 0.15) is 23.6 Å². The molecule has 3 amide bonds. The Bertz CT molecular complexity index is 839. The van der Waals surface area contributed by atoms with Gasteiger partial charge in [-0.1, -0.05) is 18.2 Å². The summed E-state index contributed by atoms with van der Waals surface area (Å²) in [7, 11) is 0. The molecule has 0 aliphatic rings. The van der Waals surface area contributed by atoms with Crippen molar-refractivity contribution in [2.75, 3.05) is 11.9 Å². The van der Waals surface area contributed by atoms with Gasteiger partial charge in [-0.25, -0.2) is 4.79 Å². The molecule has 1 heterocycles. The highest BCUT2D eigenvalue weighted by Crippen LogP contribution is 2.15. The van der Waals surface area contributed by atoms with Crippen molar-refractivity contribution in [3.63, 3.8) is 0 Å². The third-order valence-corrected chi connectivity index (χ3v) is 3.60. The fourth-order valence-corrected chi connectivity index (χ4v) is 2.33. The molecule has 0 aliphatic heterocycles. The molecule has 2 aromatic rings. The molecule has 0 fully saturated rings. The number of nitrogens with two attached hydrogens (primary N) is 1. The molecule has 0 saturated heterocycles. The summed E-state index contributed by atoms with van der Waals surface area (Å²) in [4.78, 5) is 38.9. The molecule has 0 radical (unpaired) electrons. The predicted molar refractivity (Wildman–Crippen MR) is 103 cm³/mol. The number of carbonyl (C=O) groups is 3. The molecule has 0 spiro atoms. The number of hydrogen-bond donors (Lipinski definition) is 5. The molecule has 1 atom stereocenters. The number of rotatable bonds is 8. The molecule has 0 aliphatic carbocycles. The summed E-state index contributed by atoms with van der Waals surface area (Å²) in [5, 5.41) is 20.0. The number of nitrogens with one attached hydrogen (secondary N) is 3. The van der Waals surface area contributed by atoms with Crippen LogP contribution in [0.15, 0.2) is 53.9 Å². The summed E-state index contributed by atoms with van der Waals surface area (Å²) in [6, 6.07) is 8.72. The number of aromatic nitrogens is 1. The van der Waals surface area contributed by atoms with E-state index in [4.69, 9.17) is 10.9 Å². The molecule has 28 heavy (non-hydrogen) atoms. The highest BCUT2D eigenvalue weighted by atomic mass is 16.4. The SMILES string of the molecule is NN=Cc1ccc(NC(=O)NCC(=O)NC(CC(=O)O)c2cccnc2)cc1. The summed E-state index contributed by atoms with van der Waals surface area (Å²) in [6.45, 7) is -0.319. The maximum Gasteiger partial charge on any atom is 0.319 e. The molecule has 1 unspecified atom stereocenters. The van der Waals surface area contributed by atoms with E-state index in [0.29, 0.717) is 11.3 Å². The normalized spacial score (nSPS) is 11.6. The van der Waals surface area contributed by atoms with E-state index >= 15 is 0 Å². The van der Waals surface area contributed by atoms with Gasteiger partial charge in [-0.05, 0) is 29.3 Å². The number of aliphatic carboxylic acids is 1. The maximum atomic E-state index is 12.1. The third-order valence-electron chi connectivity index (χ3n) is 3.60. The van der Waals surface area contributed by atoms with Gasteiger partial charge in [0.1, 0.15) is 0 Å². The third kappa shape index (κ3) is 6.75. The number of anilines is 1. The number of nitrogens with zero attached hydrogens (tertiary/aromatic N) is 2. The van der Waals surface area contributed by atoms with E-state index in [1.807, 2.05) is 0 Å². The first-order chi connectivity index (χ1) is 13.5. The summed E-state index contributed by atoms with van der Waals surface area (Å²) >= 11 is 0. The van der Waals surface area contributed by atoms with Crippen molar-refractivity contribution in [1.82, 2.24) is 15.6 Å². The van der Waals surface area contributed by atoms with Gasteiger partial charge in [0.25, 0.3) is 0 Å². The number of urea groups is 1. The van der Waals surface area contributed by atoms with E-state index in [-0.39, 0.29) is 13.0 Å². The Morgan fingerprint density at radius 1 is 1.21 bits per heavy atom. The minimum atomic E-state index is -1.07. The Morgan fingerprint density at radius 3 is 2.57 bits per heavy atom. The molecule has 0 saturated carbocycles. The Balaban J connectivity index is 1.85. The van der Waals surface area contributed by atoms with Crippen molar-refractivity contribution in [1.29, 1.82) is 0 Å². The van der Waals surface area contributed by atoms with Gasteiger partial charge < -0.3 is 26.9 Å². The minimum Gasteiger partial charge on any atom is -0.481 e. The van der Waals surface area contributed by atoms with Crippen LogP contribution < -0.4 is 21.8 Å². The highest BCUT2D eigenvalue weighted by Gasteiger charge is 2.18. The van der Waals surface area contributed by atoms with Gasteiger partial charge in [0.2, 0.25) is 5.91 Å². The van der Waals surface area contributed by atoms with E-state index in [2.05, 4.69) is 26.0 Å². The van der Waals surface area contributed by atoms with Gasteiger partial charge in [-0.3, -0.25) is 14.6 Å². The number of carboxylic acids is 1. The van der Waals surface area contributed by atoms with Crippen LogP contribution in [-0.4, -0.2) is 40.8 Å². The number of benzene rings is 1. The van der Waals surface area contributed by atoms with E-state index in [1.165, 1.54) is 12.4 Å². The largest absolute Gasteiger partial charge is 0.481 e. The van der Waals surface area contributed by atoms with Crippen LogP contribution in [-0.2, 0) is 9.59 Å². The van der Waals surface area contributed by atoms with Gasteiger partial charge >= 0.3 is 12.0 Å². The number of amides is 3. The monoisotopic (exact) mass is 384 g/mol. The first-order valence-electron chi connectivity index (χ1n) is 8.27. The van der Waals surface area contributed by atoms with Crippen molar-refractivity contribution in [2.24, 2.45) is 10.9 Å². The number of pyridine rings is 1. The number of carboxylic acid groups (broad SMARTS) is 1. The second-order valence-corrected chi connectivity index (χ2v) is 5.71. The van der Waals surface area contributed by atoms with Crippen LogP contribution in [0.25, 0.3) is 0 Å². The molecule has 6 N–H and O–H groups in total. The number of carbonyl (C=O) groups excluding carboxylic acids is 2. The maximum absolute atomic E-state index is 12.1. The Labute approximate surface area is 160 Å². The molecule has 146 valence electrons. The van der Waals surface area contributed by atoms with E-state index in [1.54, 1.807) is 42.6 Å². The van der Waals surface area contributed by atoms with Crippen LogP contribution in [0, 0.1) is 0 Å². The molecule has 1 aromatic carbocycles. The van der Waals surface area contributed by atoms with Crippen molar-refractivity contribution < 1.29 is 19.5 Å². The first kappa shape index (κ1) is 20.4. The van der Waals surface area contributed by atoms with Gasteiger partial charge in [0, 0.05) is 18.1 Å². The lowest BCUT2D eigenvalue weighted by Gasteiger charge is -2.17. The van der Waals surface area contributed by atoms with Gasteiger partial charge in [-0.15, -0.1) is 0 Å². The van der Waals surface area contributed by atoms with Gasteiger partial charge in [0.15, 0.2) is 0 Å². The fourth-order valence-electron chi connectivity index (χ4n) is 2.33. The zero-order valence-corrected chi connectivity index (χ0v) is 14.8. The average Bonchev–Trinajstić information content (AvgIpc) is 2.68. The lowest BCUT2D eigenvalue weighted by atomic mass is 10.1. The summed E-state index contributed by atoms with van der Waals surface area (Å²) in [5.41, 5.74) is 1.85. The lowest BCUT2D eigenvalue weighted by Crippen LogP contribution is -2.40. The van der Waals surface area contributed by atoms with Crippen LogP contribution in [0.4, 0.5) is 10.5 Å². The Kier molecular flexibility index (Phi) is 7.46. The van der Waals surface area contributed by atoms with Crippen molar-refractivity contribution in [3.05, 3.63) is 59.9 Å². The number of hydrogen-bond acceptors (Lipinski definition) is 6. The van der Waals surface area contributed by atoms with Crippen molar-refractivity contribution in [3.8, 4) is 0 Å². The smallest absolute Gasteiger partial charge is 0.319 e. The zero-order valence-electron chi connectivity index (χ0n) is 14.8. The van der Waals surface area contributed by atoms with Crippen molar-refractivity contribution >= 4 is 29.8 Å². The Morgan fingerprint density at radius 2 is 1.96 bits per heavy atom. The minimum absolute atomic E-state index is 0.303. The molecule has 2 rings (SSSR count). The van der Waals surface area contributed by atoms with Crippen molar-refractivity contribution in [2.45, 2.75) is 12.5 Å². The van der Waals surface area contributed by atoms with E-state index in [9.17, 15) is 14.4 Å². The molecule has 0 bridgehead atoms. The second-order valence-electron chi connectivity index (χ2n) is 5.71. The average molecular weight is 384 g/mol. The molecule has 10 nitrogen and oxygen atoms in total. The topological polar surface area (TPSA) is 159 Å². The quantitative estimate of drug-likeness (QED) is 0.257. The van der Waals surface area contributed by atoms with Gasteiger partial charge in [-0.2, -0.15) is 5.10 Å². The summed E-state index contributed by atoms with van der Waals surface area (Å²) in [6.07, 6.45) is 4.18.